The number of thiazole rings is 1. The summed E-state index contributed by atoms with van der Waals surface area (Å²) in [6.07, 6.45) is 0.491. The maximum absolute atomic E-state index is 11.9. The summed E-state index contributed by atoms with van der Waals surface area (Å²) >= 11 is 7.21. The molecule has 1 saturated heterocycles. The highest BCUT2D eigenvalue weighted by Gasteiger charge is 2.31. The minimum Gasteiger partial charge on any atom is -0.508 e. The Hall–Kier alpha value is -1.33. The van der Waals surface area contributed by atoms with Gasteiger partial charge in [0.15, 0.2) is 5.13 Å². The highest BCUT2D eigenvalue weighted by Crippen LogP contribution is 2.34. The maximum atomic E-state index is 11.9. The summed E-state index contributed by atoms with van der Waals surface area (Å²) in [6.45, 7) is 0.633. The van der Waals surface area contributed by atoms with Gasteiger partial charge < -0.3 is 5.11 Å². The molecule has 1 amide bonds. The van der Waals surface area contributed by atoms with E-state index in [-0.39, 0.29) is 17.6 Å². The Kier molecular flexibility index (Phi) is 2.87. The van der Waals surface area contributed by atoms with Crippen molar-refractivity contribution in [2.24, 2.45) is 5.92 Å². The van der Waals surface area contributed by atoms with Crippen LogP contribution < -0.4 is 4.90 Å². The summed E-state index contributed by atoms with van der Waals surface area (Å²) in [6, 6.07) is 5.01. The molecule has 0 bridgehead atoms. The second-order valence-electron chi connectivity index (χ2n) is 4.38. The number of carbonyl (C=O) groups excluding carboxylic acids is 1. The van der Waals surface area contributed by atoms with Gasteiger partial charge in [0.1, 0.15) is 5.75 Å². The Morgan fingerprint density at radius 2 is 2.39 bits per heavy atom. The predicted octanol–water partition coefficient (Wildman–Crippen LogP) is 2.59. The smallest absolute Gasteiger partial charge is 0.229 e. The minimum absolute atomic E-state index is 0.0731. The fourth-order valence-corrected chi connectivity index (χ4v) is 3.32. The third kappa shape index (κ3) is 1.93. The van der Waals surface area contributed by atoms with Crippen LogP contribution in [-0.4, -0.2) is 28.4 Å². The third-order valence-electron chi connectivity index (χ3n) is 3.01. The molecule has 1 atom stereocenters. The van der Waals surface area contributed by atoms with Gasteiger partial charge in [0.25, 0.3) is 0 Å². The number of hydrogen-bond acceptors (Lipinski definition) is 4. The number of phenols is 1. The van der Waals surface area contributed by atoms with Gasteiger partial charge in [-0.25, -0.2) is 4.98 Å². The number of phenolic OH excluding ortho intramolecular Hbond substituents is 1. The number of hydrogen-bond donors (Lipinski definition) is 1. The molecule has 2 aromatic rings. The van der Waals surface area contributed by atoms with Gasteiger partial charge in [-0.15, -0.1) is 11.6 Å². The molecular weight excluding hydrogens is 272 g/mol. The van der Waals surface area contributed by atoms with Crippen LogP contribution in [-0.2, 0) is 4.79 Å². The lowest BCUT2D eigenvalue weighted by Crippen LogP contribution is -2.24. The Morgan fingerprint density at radius 1 is 1.56 bits per heavy atom. The number of aromatic hydroxyl groups is 1. The minimum atomic E-state index is 0.0731. The first-order valence-corrected chi connectivity index (χ1v) is 6.98. The standard InChI is InChI=1S/C12H11ClN2O2S/c13-5-7-3-11(17)15(6-7)12-14-9-2-1-8(16)4-10(9)18-12/h1-2,4,7,16H,3,5-6H2. The molecule has 1 N–H and O–H groups in total. The first-order chi connectivity index (χ1) is 8.67. The summed E-state index contributed by atoms with van der Waals surface area (Å²) in [4.78, 5) is 18.0. The van der Waals surface area contributed by atoms with Crippen molar-refractivity contribution in [2.45, 2.75) is 6.42 Å². The summed E-state index contributed by atoms with van der Waals surface area (Å²) in [7, 11) is 0. The molecule has 1 unspecified atom stereocenters. The Labute approximate surface area is 113 Å². The zero-order valence-corrected chi connectivity index (χ0v) is 11.0. The number of fused-ring (bicyclic) bond motifs is 1. The molecule has 6 heteroatoms. The van der Waals surface area contributed by atoms with Gasteiger partial charge in [0.2, 0.25) is 5.91 Å². The molecule has 18 heavy (non-hydrogen) atoms. The van der Waals surface area contributed by atoms with Crippen molar-refractivity contribution < 1.29 is 9.90 Å². The maximum Gasteiger partial charge on any atom is 0.229 e. The molecule has 1 aliphatic heterocycles. The molecule has 4 nitrogen and oxygen atoms in total. The molecule has 1 aliphatic rings. The van der Waals surface area contributed by atoms with E-state index in [1.165, 1.54) is 11.3 Å². The van der Waals surface area contributed by atoms with Crippen LogP contribution in [0, 0.1) is 5.92 Å². The van der Waals surface area contributed by atoms with Crippen molar-refractivity contribution in [1.29, 1.82) is 0 Å². The van der Waals surface area contributed by atoms with Crippen molar-refractivity contribution >= 4 is 44.2 Å². The monoisotopic (exact) mass is 282 g/mol. The largest absolute Gasteiger partial charge is 0.508 e. The highest BCUT2D eigenvalue weighted by molar-refractivity contribution is 7.22. The molecule has 1 fully saturated rings. The van der Waals surface area contributed by atoms with Crippen molar-refractivity contribution in [2.75, 3.05) is 17.3 Å². The average molecular weight is 283 g/mol. The van der Waals surface area contributed by atoms with Crippen LogP contribution in [0.1, 0.15) is 6.42 Å². The zero-order chi connectivity index (χ0) is 12.7. The van der Waals surface area contributed by atoms with E-state index in [1.807, 2.05) is 0 Å². The van der Waals surface area contributed by atoms with Gasteiger partial charge in [-0.05, 0) is 24.1 Å². The van der Waals surface area contributed by atoms with Crippen LogP contribution in [0.2, 0.25) is 0 Å². The van der Waals surface area contributed by atoms with E-state index >= 15 is 0 Å². The van der Waals surface area contributed by atoms with Gasteiger partial charge in [0, 0.05) is 18.8 Å². The predicted molar refractivity (Wildman–Crippen MR) is 72.5 cm³/mol. The molecule has 2 heterocycles. The summed E-state index contributed by atoms with van der Waals surface area (Å²) in [5.41, 5.74) is 0.801. The number of aromatic nitrogens is 1. The van der Waals surface area contributed by atoms with Gasteiger partial charge in [0.05, 0.1) is 10.2 Å². The third-order valence-corrected chi connectivity index (χ3v) is 4.49. The molecule has 1 aromatic heterocycles. The van der Waals surface area contributed by atoms with E-state index in [2.05, 4.69) is 4.98 Å². The number of anilines is 1. The normalized spacial score (nSPS) is 19.9. The number of halogens is 1. The number of rotatable bonds is 2. The SMILES string of the molecule is O=C1CC(CCl)CN1c1nc2ccc(O)cc2s1. The van der Waals surface area contributed by atoms with Gasteiger partial charge in [-0.1, -0.05) is 11.3 Å². The lowest BCUT2D eigenvalue weighted by atomic mass is 10.2. The van der Waals surface area contributed by atoms with Gasteiger partial charge in [-0.3, -0.25) is 9.69 Å². The molecule has 0 spiro atoms. The second-order valence-corrected chi connectivity index (χ2v) is 5.69. The van der Waals surface area contributed by atoms with Crippen LogP contribution >= 0.6 is 22.9 Å². The number of benzene rings is 1. The topological polar surface area (TPSA) is 53.4 Å². The first-order valence-electron chi connectivity index (χ1n) is 5.63. The summed E-state index contributed by atoms with van der Waals surface area (Å²) < 4.78 is 0.882. The number of nitrogens with zero attached hydrogens (tertiary/aromatic N) is 2. The summed E-state index contributed by atoms with van der Waals surface area (Å²) in [5, 5.41) is 10.1. The zero-order valence-electron chi connectivity index (χ0n) is 9.47. The van der Waals surface area contributed by atoms with E-state index in [0.29, 0.717) is 24.0 Å². The van der Waals surface area contributed by atoms with Crippen molar-refractivity contribution in [3.8, 4) is 5.75 Å². The van der Waals surface area contributed by atoms with E-state index in [4.69, 9.17) is 11.6 Å². The summed E-state index contributed by atoms with van der Waals surface area (Å²) in [5.74, 6) is 0.987. The number of carbonyl (C=O) groups is 1. The van der Waals surface area contributed by atoms with Crippen LogP contribution in [0.5, 0.6) is 5.75 Å². The Bertz CT molecular complexity index is 613. The van der Waals surface area contributed by atoms with E-state index < -0.39 is 0 Å². The molecule has 1 aromatic carbocycles. The first kappa shape index (κ1) is 11.7. The molecule has 3 rings (SSSR count). The fraction of sp³-hybridized carbons (Fsp3) is 0.333. The van der Waals surface area contributed by atoms with Crippen LogP contribution in [0.3, 0.4) is 0 Å². The van der Waals surface area contributed by atoms with Crippen LogP contribution in [0.25, 0.3) is 10.2 Å². The number of amides is 1. The lowest BCUT2D eigenvalue weighted by molar-refractivity contribution is -0.117. The Morgan fingerprint density at radius 3 is 3.11 bits per heavy atom. The molecular formula is C12H11ClN2O2S. The average Bonchev–Trinajstić information content (AvgIpc) is 2.91. The van der Waals surface area contributed by atoms with Crippen LogP contribution in [0.15, 0.2) is 18.2 Å². The number of alkyl halides is 1. The van der Waals surface area contributed by atoms with E-state index in [1.54, 1.807) is 23.1 Å². The van der Waals surface area contributed by atoms with Gasteiger partial charge >= 0.3 is 0 Å². The van der Waals surface area contributed by atoms with Crippen molar-refractivity contribution in [3.63, 3.8) is 0 Å². The molecule has 0 saturated carbocycles. The highest BCUT2D eigenvalue weighted by atomic mass is 35.5. The Balaban J connectivity index is 1.97. The van der Waals surface area contributed by atoms with E-state index in [0.717, 1.165) is 10.2 Å². The van der Waals surface area contributed by atoms with E-state index in [9.17, 15) is 9.90 Å². The molecule has 0 aliphatic carbocycles. The molecule has 94 valence electrons. The second kappa shape index (κ2) is 4.40. The quantitative estimate of drug-likeness (QED) is 0.862. The molecule has 0 radical (unpaired) electrons. The van der Waals surface area contributed by atoms with Crippen molar-refractivity contribution in [1.82, 2.24) is 4.98 Å². The van der Waals surface area contributed by atoms with Crippen LogP contribution in [0.4, 0.5) is 5.13 Å². The van der Waals surface area contributed by atoms with Crippen molar-refractivity contribution in [3.05, 3.63) is 18.2 Å². The fourth-order valence-electron chi connectivity index (χ4n) is 2.09. The lowest BCUT2D eigenvalue weighted by Gasteiger charge is -2.11. The van der Waals surface area contributed by atoms with Gasteiger partial charge in [-0.2, -0.15) is 0 Å².